The number of nitrogens with zero attached hydrogens (tertiary/aromatic N) is 2. The van der Waals surface area contributed by atoms with Crippen LogP contribution >= 0.6 is 11.6 Å². The van der Waals surface area contributed by atoms with E-state index in [1.807, 2.05) is 56.3 Å². The second-order valence-corrected chi connectivity index (χ2v) is 13.4. The second-order valence-electron chi connectivity index (χ2n) is 13.0. The van der Waals surface area contributed by atoms with E-state index in [2.05, 4.69) is 5.32 Å². The smallest absolute Gasteiger partial charge is 0.313 e. The molecule has 1 spiro atoms. The molecule has 6 rings (SSSR count). The molecule has 11 heteroatoms. The number of halogens is 1. The van der Waals surface area contributed by atoms with Gasteiger partial charge in [0.05, 0.1) is 30.7 Å². The second kappa shape index (κ2) is 13.3. The van der Waals surface area contributed by atoms with Gasteiger partial charge in [-0.1, -0.05) is 80.1 Å². The van der Waals surface area contributed by atoms with Crippen LogP contribution in [0.15, 0.2) is 78.9 Å². The van der Waals surface area contributed by atoms with E-state index in [1.54, 1.807) is 48.2 Å². The molecule has 3 amide bonds. The Kier molecular flexibility index (Phi) is 9.29. The molecule has 10 nitrogen and oxygen atoms in total. The van der Waals surface area contributed by atoms with Crippen molar-refractivity contribution in [3.63, 3.8) is 0 Å². The van der Waals surface area contributed by atoms with Gasteiger partial charge in [-0.25, -0.2) is 0 Å². The molecule has 4 aliphatic heterocycles. The molecule has 2 aromatic carbocycles. The van der Waals surface area contributed by atoms with Crippen molar-refractivity contribution < 1.29 is 33.8 Å². The van der Waals surface area contributed by atoms with Gasteiger partial charge in [0.2, 0.25) is 11.8 Å². The van der Waals surface area contributed by atoms with Crippen LogP contribution in [-0.2, 0) is 28.7 Å². The maximum Gasteiger partial charge on any atom is 0.313 e. The Morgan fingerprint density at radius 3 is 2.43 bits per heavy atom. The van der Waals surface area contributed by atoms with Gasteiger partial charge >= 0.3 is 5.97 Å². The van der Waals surface area contributed by atoms with Gasteiger partial charge in [0.15, 0.2) is 0 Å². The van der Waals surface area contributed by atoms with Crippen molar-refractivity contribution in [2.45, 2.75) is 69.5 Å². The molecule has 2 aromatic rings. The third-order valence-electron chi connectivity index (χ3n) is 9.74. The van der Waals surface area contributed by atoms with Crippen LogP contribution in [0.2, 0.25) is 5.02 Å². The van der Waals surface area contributed by atoms with Crippen LogP contribution in [0, 0.1) is 17.8 Å². The van der Waals surface area contributed by atoms with E-state index in [4.69, 9.17) is 21.1 Å². The summed E-state index contributed by atoms with van der Waals surface area (Å²) in [6.45, 7) is 5.28. The number of anilines is 1. The molecule has 4 aliphatic rings. The summed E-state index contributed by atoms with van der Waals surface area (Å²) in [6, 6.07) is 13.5. The number of esters is 1. The lowest BCUT2D eigenvalue weighted by Gasteiger charge is -2.40. The van der Waals surface area contributed by atoms with Crippen molar-refractivity contribution in [3.8, 4) is 0 Å². The van der Waals surface area contributed by atoms with Crippen molar-refractivity contribution in [2.75, 3.05) is 18.1 Å². The number of aliphatic hydroxyl groups excluding tert-OH is 1. The van der Waals surface area contributed by atoms with E-state index in [0.29, 0.717) is 22.7 Å². The van der Waals surface area contributed by atoms with Crippen LogP contribution < -0.4 is 10.2 Å². The fourth-order valence-corrected chi connectivity index (χ4v) is 7.57. The maximum absolute atomic E-state index is 14.9. The highest BCUT2D eigenvalue weighted by atomic mass is 35.5. The molecule has 2 fully saturated rings. The molecule has 0 aliphatic carbocycles. The van der Waals surface area contributed by atoms with Gasteiger partial charge in [-0.15, -0.1) is 0 Å². The number of carbonyl (C=O) groups excluding carboxylic acids is 4. The molecular formula is C36H40ClN3O7. The zero-order valence-electron chi connectivity index (χ0n) is 26.6. The van der Waals surface area contributed by atoms with E-state index in [-0.39, 0.29) is 31.4 Å². The molecule has 8 atom stereocenters. The predicted octanol–water partition coefficient (Wildman–Crippen LogP) is 3.98. The molecule has 4 heterocycles. The summed E-state index contributed by atoms with van der Waals surface area (Å²) < 4.78 is 12.7. The Hall–Kier alpha value is -3.99. The van der Waals surface area contributed by atoms with Gasteiger partial charge in [-0.3, -0.25) is 19.2 Å². The van der Waals surface area contributed by atoms with Crippen molar-refractivity contribution >= 4 is 41.0 Å². The largest absolute Gasteiger partial charge is 0.455 e. The first-order valence-corrected chi connectivity index (χ1v) is 16.5. The van der Waals surface area contributed by atoms with Crippen molar-refractivity contribution in [3.05, 3.63) is 89.5 Å². The maximum atomic E-state index is 14.9. The first kappa shape index (κ1) is 32.9. The minimum Gasteiger partial charge on any atom is -0.455 e. The summed E-state index contributed by atoms with van der Waals surface area (Å²) in [7, 11) is 0. The predicted molar refractivity (Wildman–Crippen MR) is 175 cm³/mol. The first-order valence-electron chi connectivity index (χ1n) is 16.1. The van der Waals surface area contributed by atoms with E-state index in [1.165, 1.54) is 4.90 Å². The Morgan fingerprint density at radius 1 is 1.02 bits per heavy atom. The average molecular weight is 662 g/mol. The Labute approximate surface area is 279 Å². The number of aliphatic hydroxyl groups is 1. The molecule has 0 unspecified atom stereocenters. The summed E-state index contributed by atoms with van der Waals surface area (Å²) in [6.07, 6.45) is 6.07. The van der Waals surface area contributed by atoms with E-state index in [9.17, 15) is 24.3 Å². The monoisotopic (exact) mass is 661 g/mol. The summed E-state index contributed by atoms with van der Waals surface area (Å²) in [4.78, 5) is 59.7. The van der Waals surface area contributed by atoms with E-state index in [0.717, 1.165) is 0 Å². The standard InChI is InChI=1S/C36H40ClN3O7/c1-21(2)26(20-41)40-32-34(44)39(25-15-13-24(37)14-16-25)19-9-5-8-12-28(42)38-22(3)31(23-10-6-4-7-11-23)46-35(45)29-27-17-18-36(32,47-27)30(29)33(40)43/h4-7,9-11,13-18,21-22,26-27,29-32,41H,8,12,19-20H2,1-3H3,(H,38,42)/b9-5-/t22-,26-,27+,29-,30-,31+,32+,36-/m0/s1. The molecule has 2 N–H and O–H groups in total. The third-order valence-corrected chi connectivity index (χ3v) is 9.99. The average Bonchev–Trinajstić information content (AvgIpc) is 3.69. The number of nitrogens with one attached hydrogen (secondary N) is 1. The van der Waals surface area contributed by atoms with Gasteiger partial charge in [-0.05, 0) is 49.1 Å². The summed E-state index contributed by atoms with van der Waals surface area (Å²) >= 11 is 6.19. The number of ether oxygens (including phenoxy) is 2. The fourth-order valence-electron chi connectivity index (χ4n) is 7.44. The number of cyclic esters (lactones) is 1. The van der Waals surface area contributed by atoms with E-state index >= 15 is 0 Å². The number of fused-ring (bicyclic) bond motifs is 2. The number of likely N-dealkylation sites (tertiary alicyclic amines) is 1. The fraction of sp³-hybridized carbons (Fsp3) is 0.444. The number of rotatable bonds is 5. The highest BCUT2D eigenvalue weighted by Crippen LogP contribution is 2.56. The topological polar surface area (TPSA) is 125 Å². The number of hydrogen-bond acceptors (Lipinski definition) is 7. The highest BCUT2D eigenvalue weighted by molar-refractivity contribution is 6.30. The lowest BCUT2D eigenvalue weighted by molar-refractivity contribution is -0.161. The number of benzene rings is 2. The van der Waals surface area contributed by atoms with Gasteiger partial charge in [0.1, 0.15) is 23.7 Å². The summed E-state index contributed by atoms with van der Waals surface area (Å²) in [5.41, 5.74) is -0.231. The van der Waals surface area contributed by atoms with Gasteiger partial charge in [-0.2, -0.15) is 0 Å². The van der Waals surface area contributed by atoms with Crippen LogP contribution in [0.4, 0.5) is 5.69 Å². The van der Waals surface area contributed by atoms with Crippen molar-refractivity contribution in [1.29, 1.82) is 0 Å². The highest BCUT2D eigenvalue weighted by Gasteiger charge is 2.74. The van der Waals surface area contributed by atoms with Gasteiger partial charge in [0, 0.05) is 23.7 Å². The van der Waals surface area contributed by atoms with Crippen LogP contribution in [0.3, 0.4) is 0 Å². The molecule has 0 radical (unpaired) electrons. The van der Waals surface area contributed by atoms with Gasteiger partial charge < -0.3 is 29.7 Å². The Balaban J connectivity index is 1.48. The third kappa shape index (κ3) is 5.87. The lowest BCUT2D eigenvalue weighted by atomic mass is 9.74. The molecule has 2 saturated heterocycles. The number of hydrogen-bond donors (Lipinski definition) is 2. The Bertz CT molecular complexity index is 1580. The molecule has 47 heavy (non-hydrogen) atoms. The SMILES string of the molecule is CC(C)[C@H](CO)N1C(=O)[C@@H]2[C@H]3C(=O)O[C@@H](c4ccccc4)[C@H](C)NC(=O)CC/C=C\CN(c4ccc(Cl)cc4)C(=O)[C@@H]1[C@]21C=C[C@H]3O1. The quantitative estimate of drug-likeness (QED) is 0.367. The zero-order chi connectivity index (χ0) is 33.5. The van der Waals surface area contributed by atoms with Crippen LogP contribution in [-0.4, -0.2) is 76.7 Å². The Morgan fingerprint density at radius 2 is 1.74 bits per heavy atom. The molecule has 248 valence electrons. The molecule has 0 saturated carbocycles. The number of carbonyl (C=O) groups is 4. The molecule has 0 aromatic heterocycles. The minimum atomic E-state index is -1.46. The normalized spacial score (nSPS) is 32.4. The van der Waals surface area contributed by atoms with E-state index < -0.39 is 65.6 Å². The minimum absolute atomic E-state index is 0.137. The van der Waals surface area contributed by atoms with Gasteiger partial charge in [0.25, 0.3) is 5.91 Å². The molecular weight excluding hydrogens is 622 g/mol. The number of allylic oxidation sites excluding steroid dienone is 1. The summed E-state index contributed by atoms with van der Waals surface area (Å²) in [5.74, 6) is -4.07. The zero-order valence-corrected chi connectivity index (χ0v) is 27.4. The van der Waals surface area contributed by atoms with Crippen molar-refractivity contribution in [2.24, 2.45) is 17.8 Å². The molecule has 5 bridgehead atoms. The van der Waals surface area contributed by atoms with Crippen LogP contribution in [0.5, 0.6) is 0 Å². The van der Waals surface area contributed by atoms with Crippen LogP contribution in [0.1, 0.15) is 45.3 Å². The van der Waals surface area contributed by atoms with Crippen molar-refractivity contribution in [1.82, 2.24) is 10.2 Å². The van der Waals surface area contributed by atoms with Crippen LogP contribution in [0.25, 0.3) is 0 Å². The summed E-state index contributed by atoms with van der Waals surface area (Å²) in [5, 5.41) is 14.0. The number of amides is 3. The first-order chi connectivity index (χ1) is 22.6. The lowest BCUT2D eigenvalue weighted by Crippen LogP contribution is -2.59.